The van der Waals surface area contributed by atoms with E-state index in [-0.39, 0.29) is 0 Å². The van der Waals surface area contributed by atoms with Gasteiger partial charge in [-0.25, -0.2) is 0 Å². The van der Waals surface area contributed by atoms with E-state index in [0.717, 1.165) is 0 Å². The van der Waals surface area contributed by atoms with E-state index in [4.69, 9.17) is 0 Å². The smallest absolute Gasteiger partial charge is 0.0499 e. The van der Waals surface area contributed by atoms with Crippen molar-refractivity contribution in [2.24, 2.45) is 0 Å². The molecular formula is C31H51. The minimum Gasteiger partial charge on any atom is -0.0841 e. The lowest BCUT2D eigenvalue weighted by atomic mass is 9.76. The van der Waals surface area contributed by atoms with E-state index in [1.54, 1.807) is 22.6 Å². The summed E-state index contributed by atoms with van der Waals surface area (Å²) in [6.45, 7) is 0. The summed E-state index contributed by atoms with van der Waals surface area (Å²) in [5.41, 5.74) is 5.23. The highest BCUT2D eigenvalue weighted by molar-refractivity contribution is 5.53. The monoisotopic (exact) mass is 423 g/mol. The van der Waals surface area contributed by atoms with Crippen LogP contribution in [0.3, 0.4) is 0 Å². The van der Waals surface area contributed by atoms with Crippen LogP contribution >= 0.6 is 0 Å². The first-order valence-corrected chi connectivity index (χ1v) is 14.4. The zero-order chi connectivity index (χ0) is 21.4. The van der Waals surface area contributed by atoms with Crippen molar-refractivity contribution in [1.82, 2.24) is 0 Å². The van der Waals surface area contributed by atoms with E-state index in [1.165, 1.54) is 154 Å². The molecule has 3 aliphatic rings. The summed E-state index contributed by atoms with van der Waals surface area (Å²) in [5.74, 6) is 1.75. The molecule has 0 heterocycles. The zero-order valence-electron chi connectivity index (χ0n) is 20.7. The zero-order valence-corrected chi connectivity index (χ0v) is 20.7. The fraction of sp³-hybridized carbons (Fsp3) is 0.774. The van der Waals surface area contributed by atoms with E-state index in [9.17, 15) is 0 Å². The Morgan fingerprint density at radius 1 is 0.323 bits per heavy atom. The molecule has 0 saturated carbocycles. The van der Waals surface area contributed by atoms with E-state index in [1.807, 2.05) is 0 Å². The molecule has 3 rings (SSSR count). The predicted molar refractivity (Wildman–Crippen MR) is 138 cm³/mol. The lowest BCUT2D eigenvalue weighted by Gasteiger charge is -2.28. The van der Waals surface area contributed by atoms with E-state index < -0.39 is 0 Å². The first-order chi connectivity index (χ1) is 15.4. The van der Waals surface area contributed by atoms with Gasteiger partial charge in [0.1, 0.15) is 0 Å². The first-order valence-electron chi connectivity index (χ1n) is 14.4. The van der Waals surface area contributed by atoms with Crippen LogP contribution in [-0.2, 0) is 0 Å². The van der Waals surface area contributed by atoms with Gasteiger partial charge in [0.15, 0.2) is 0 Å². The Labute approximate surface area is 195 Å². The van der Waals surface area contributed by atoms with Gasteiger partial charge in [0.25, 0.3) is 0 Å². The maximum atomic E-state index is 2.69. The average Bonchev–Trinajstić information content (AvgIpc) is 2.81. The Morgan fingerprint density at radius 3 is 0.903 bits per heavy atom. The number of allylic oxidation sites excluding steroid dienone is 6. The fourth-order valence-electron chi connectivity index (χ4n) is 5.94. The maximum absolute atomic E-state index is 2.69. The Kier molecular flexibility index (Phi) is 12.8. The number of hydrogen-bond donors (Lipinski definition) is 0. The summed E-state index contributed by atoms with van der Waals surface area (Å²) in [6.07, 6.45) is 41.7. The van der Waals surface area contributed by atoms with Gasteiger partial charge in [-0.05, 0) is 77.0 Å². The second-order valence-electron chi connectivity index (χ2n) is 10.5. The maximum Gasteiger partial charge on any atom is 0.0499 e. The Hall–Kier alpha value is -0.780. The molecule has 0 fully saturated rings. The minimum atomic E-state index is 1.30. The van der Waals surface area contributed by atoms with Gasteiger partial charge in [0.2, 0.25) is 0 Å². The van der Waals surface area contributed by atoms with Crippen molar-refractivity contribution in [1.29, 1.82) is 0 Å². The molecule has 0 aromatic heterocycles. The summed E-state index contributed by atoms with van der Waals surface area (Å²) in [6, 6.07) is 0. The van der Waals surface area contributed by atoms with Crippen LogP contribution in [-0.4, -0.2) is 0 Å². The van der Waals surface area contributed by atoms with Crippen molar-refractivity contribution < 1.29 is 0 Å². The van der Waals surface area contributed by atoms with Crippen molar-refractivity contribution in [3.05, 3.63) is 40.9 Å². The second kappa shape index (κ2) is 15.9. The molecule has 0 spiro atoms. The van der Waals surface area contributed by atoms with Crippen molar-refractivity contribution in [2.75, 3.05) is 0 Å². The van der Waals surface area contributed by atoms with Gasteiger partial charge in [-0.15, -0.1) is 0 Å². The summed E-state index contributed by atoms with van der Waals surface area (Å²) in [4.78, 5) is 0. The fourth-order valence-corrected chi connectivity index (χ4v) is 5.94. The summed E-state index contributed by atoms with van der Waals surface area (Å²) < 4.78 is 0. The van der Waals surface area contributed by atoms with Crippen LogP contribution in [0.25, 0.3) is 0 Å². The lowest BCUT2D eigenvalue weighted by molar-refractivity contribution is 0.569. The standard InChI is InChI=1S/C31H51/c1-4-10-16-22-28(23-17-11-5-1)31(29-24-18-12-6-2-7-13-19-25-29)30-26-20-14-8-3-9-15-21-27-30/h22,24,26H,1-21,23,25,27H2. The Morgan fingerprint density at radius 2 is 0.581 bits per heavy atom. The highest BCUT2D eigenvalue weighted by atomic mass is 14.3. The molecule has 0 atom stereocenters. The summed E-state index contributed by atoms with van der Waals surface area (Å²) >= 11 is 0. The van der Waals surface area contributed by atoms with Crippen molar-refractivity contribution in [3.63, 3.8) is 0 Å². The summed E-state index contributed by atoms with van der Waals surface area (Å²) in [5, 5.41) is 0. The van der Waals surface area contributed by atoms with Crippen LogP contribution in [0.2, 0.25) is 0 Å². The quantitative estimate of drug-likeness (QED) is 0.423. The predicted octanol–water partition coefficient (Wildman–Crippen LogP) is 10.7. The van der Waals surface area contributed by atoms with Gasteiger partial charge in [0.05, 0.1) is 0 Å². The van der Waals surface area contributed by atoms with Gasteiger partial charge in [-0.3, -0.25) is 0 Å². The van der Waals surface area contributed by atoms with Crippen LogP contribution < -0.4 is 0 Å². The largest absolute Gasteiger partial charge is 0.0841 e. The normalized spacial score (nSPS) is 24.5. The third kappa shape index (κ3) is 9.71. The molecule has 0 aliphatic heterocycles. The van der Waals surface area contributed by atoms with Gasteiger partial charge < -0.3 is 0 Å². The lowest BCUT2D eigenvalue weighted by Crippen LogP contribution is -2.12. The van der Waals surface area contributed by atoms with Gasteiger partial charge in [-0.1, -0.05) is 112 Å². The minimum absolute atomic E-state index is 1.30. The molecule has 1 radical (unpaired) electrons. The Bertz CT molecular complexity index is 480. The molecule has 0 saturated heterocycles. The average molecular weight is 424 g/mol. The van der Waals surface area contributed by atoms with Gasteiger partial charge in [-0.2, -0.15) is 0 Å². The molecule has 0 N–H and O–H groups in total. The Balaban J connectivity index is 1.88. The van der Waals surface area contributed by atoms with Gasteiger partial charge in [0, 0.05) is 5.92 Å². The molecule has 0 heteroatoms. The van der Waals surface area contributed by atoms with E-state index in [2.05, 4.69) is 18.2 Å². The molecule has 0 aromatic carbocycles. The summed E-state index contributed by atoms with van der Waals surface area (Å²) in [7, 11) is 0. The van der Waals surface area contributed by atoms with Crippen LogP contribution in [0.15, 0.2) is 34.9 Å². The van der Waals surface area contributed by atoms with Crippen LogP contribution in [0.4, 0.5) is 0 Å². The van der Waals surface area contributed by atoms with Crippen molar-refractivity contribution >= 4 is 0 Å². The van der Waals surface area contributed by atoms with Crippen molar-refractivity contribution in [2.45, 2.75) is 154 Å². The molecule has 3 aliphatic carbocycles. The highest BCUT2D eigenvalue weighted by Gasteiger charge is 2.24. The topological polar surface area (TPSA) is 0 Å². The SMILES string of the molecule is C1=C([C](C2=CCCCCCCCC2)C2=CCCCCCCCC2)CCCCCCCC1. The third-order valence-electron chi connectivity index (χ3n) is 7.84. The molecule has 175 valence electrons. The molecule has 31 heavy (non-hydrogen) atoms. The van der Waals surface area contributed by atoms with E-state index >= 15 is 0 Å². The number of hydrogen-bond acceptors (Lipinski definition) is 0. The molecule has 0 unspecified atom stereocenters. The molecule has 0 amide bonds. The van der Waals surface area contributed by atoms with Crippen LogP contribution in [0.5, 0.6) is 0 Å². The molecule has 0 bridgehead atoms. The van der Waals surface area contributed by atoms with Crippen molar-refractivity contribution in [3.8, 4) is 0 Å². The van der Waals surface area contributed by atoms with Gasteiger partial charge >= 0.3 is 0 Å². The molecule has 0 nitrogen and oxygen atoms in total. The first kappa shape index (κ1) is 24.9. The van der Waals surface area contributed by atoms with Crippen LogP contribution in [0, 0.1) is 5.92 Å². The number of rotatable bonds is 3. The third-order valence-corrected chi connectivity index (χ3v) is 7.84. The van der Waals surface area contributed by atoms with E-state index in [0.29, 0.717) is 0 Å². The molecular weight excluding hydrogens is 372 g/mol. The second-order valence-corrected chi connectivity index (χ2v) is 10.5. The molecule has 0 aromatic rings. The van der Waals surface area contributed by atoms with Crippen LogP contribution in [0.1, 0.15) is 154 Å². The highest BCUT2D eigenvalue weighted by Crippen LogP contribution is 2.41.